The lowest BCUT2D eigenvalue weighted by atomic mass is 10.1. The molecule has 0 aromatic heterocycles. The molecule has 1 atom stereocenters. The first-order valence-electron chi connectivity index (χ1n) is 5.15. The number of urea groups is 1. The first kappa shape index (κ1) is 14.3. The van der Waals surface area contributed by atoms with Crippen LogP contribution in [0.3, 0.4) is 0 Å². The molecule has 0 bridgehead atoms. The zero-order chi connectivity index (χ0) is 12.6. The van der Waals surface area contributed by atoms with Gasteiger partial charge >= 0.3 is 12.0 Å². The van der Waals surface area contributed by atoms with Crippen LogP contribution in [0.4, 0.5) is 4.79 Å². The zero-order valence-corrected chi connectivity index (χ0v) is 9.83. The lowest BCUT2D eigenvalue weighted by molar-refractivity contribution is -0.140. The summed E-state index contributed by atoms with van der Waals surface area (Å²) in [4.78, 5) is 22.1. The van der Waals surface area contributed by atoms with E-state index in [-0.39, 0.29) is 5.92 Å². The van der Waals surface area contributed by atoms with Gasteiger partial charge in [-0.15, -0.1) is 11.8 Å². The van der Waals surface area contributed by atoms with Crippen LogP contribution < -0.4 is 10.6 Å². The van der Waals surface area contributed by atoms with E-state index in [1.807, 2.05) is 0 Å². The Balaban J connectivity index is 3.99. The average molecular weight is 226 g/mol. The van der Waals surface area contributed by atoms with Crippen LogP contribution in [0.2, 0.25) is 0 Å². The fraction of sp³-hybridized carbons (Fsp3) is 0.636. The summed E-state index contributed by atoms with van der Waals surface area (Å²) >= 11 is 0. The summed E-state index contributed by atoms with van der Waals surface area (Å²) in [5.74, 6) is 4.31. The third-order valence-electron chi connectivity index (χ3n) is 1.93. The van der Waals surface area contributed by atoms with Gasteiger partial charge in [-0.3, -0.25) is 0 Å². The summed E-state index contributed by atoms with van der Waals surface area (Å²) in [5.41, 5.74) is 0. The van der Waals surface area contributed by atoms with Crippen LogP contribution >= 0.6 is 0 Å². The number of rotatable bonds is 5. The van der Waals surface area contributed by atoms with Crippen LogP contribution in [0.1, 0.15) is 27.2 Å². The molecule has 0 spiro atoms. The minimum Gasteiger partial charge on any atom is -0.480 e. The van der Waals surface area contributed by atoms with Gasteiger partial charge in [0, 0.05) is 13.0 Å². The van der Waals surface area contributed by atoms with Crippen LogP contribution in [0, 0.1) is 17.8 Å². The highest BCUT2D eigenvalue weighted by Crippen LogP contribution is 2.00. The van der Waals surface area contributed by atoms with Gasteiger partial charge in [0.05, 0.1) is 0 Å². The van der Waals surface area contributed by atoms with E-state index in [9.17, 15) is 9.59 Å². The van der Waals surface area contributed by atoms with Gasteiger partial charge in [-0.05, 0) is 12.8 Å². The van der Waals surface area contributed by atoms with Crippen molar-refractivity contribution >= 4 is 12.0 Å². The Morgan fingerprint density at radius 2 is 2.00 bits per heavy atom. The van der Waals surface area contributed by atoms with E-state index >= 15 is 0 Å². The molecular formula is C11H18N2O3. The van der Waals surface area contributed by atoms with Gasteiger partial charge < -0.3 is 15.7 Å². The van der Waals surface area contributed by atoms with Gasteiger partial charge in [-0.25, -0.2) is 9.59 Å². The van der Waals surface area contributed by atoms with Crippen molar-refractivity contribution in [3.05, 3.63) is 0 Å². The van der Waals surface area contributed by atoms with Crippen LogP contribution in [0.5, 0.6) is 0 Å². The smallest absolute Gasteiger partial charge is 0.326 e. The maximum atomic E-state index is 11.3. The molecule has 5 nitrogen and oxygen atoms in total. The monoisotopic (exact) mass is 226 g/mol. The van der Waals surface area contributed by atoms with E-state index in [1.54, 1.807) is 20.8 Å². The molecule has 16 heavy (non-hydrogen) atoms. The number of carbonyl (C=O) groups is 2. The summed E-state index contributed by atoms with van der Waals surface area (Å²) in [5, 5.41) is 13.8. The third-order valence-corrected chi connectivity index (χ3v) is 1.93. The summed E-state index contributed by atoms with van der Waals surface area (Å²) in [6.07, 6.45) is 0.559. The highest BCUT2D eigenvalue weighted by molar-refractivity contribution is 5.82. The molecule has 3 N–H and O–H groups in total. The predicted octanol–water partition coefficient (Wildman–Crippen LogP) is 0.808. The zero-order valence-electron chi connectivity index (χ0n) is 9.83. The van der Waals surface area contributed by atoms with Crippen molar-refractivity contribution in [3.8, 4) is 11.8 Å². The number of carboxylic acids is 1. The summed E-state index contributed by atoms with van der Waals surface area (Å²) < 4.78 is 0. The molecule has 0 radical (unpaired) electrons. The van der Waals surface area contributed by atoms with Crippen molar-refractivity contribution in [2.24, 2.45) is 5.92 Å². The number of aliphatic carboxylic acids is 1. The SMILES string of the molecule is CC#CCCNC(=O)N[C@H](C(=O)O)C(C)C. The molecule has 0 saturated carbocycles. The Hall–Kier alpha value is -1.70. The molecule has 0 rings (SSSR count). The fourth-order valence-corrected chi connectivity index (χ4v) is 1.07. The Labute approximate surface area is 95.6 Å². The first-order chi connectivity index (χ1) is 7.49. The number of hydrogen-bond donors (Lipinski definition) is 3. The van der Waals surface area contributed by atoms with Crippen molar-refractivity contribution in [2.45, 2.75) is 33.2 Å². The van der Waals surface area contributed by atoms with E-state index in [2.05, 4.69) is 22.5 Å². The summed E-state index contributed by atoms with van der Waals surface area (Å²) in [6.45, 7) is 5.61. The molecule has 5 heteroatoms. The molecule has 0 aromatic carbocycles. The second-order valence-electron chi connectivity index (χ2n) is 3.64. The first-order valence-corrected chi connectivity index (χ1v) is 5.15. The Kier molecular flexibility index (Phi) is 6.77. The van der Waals surface area contributed by atoms with Gasteiger partial charge in [0.25, 0.3) is 0 Å². The molecule has 2 amide bonds. The normalized spacial score (nSPS) is 11.2. The van der Waals surface area contributed by atoms with E-state index in [0.717, 1.165) is 0 Å². The fourth-order valence-electron chi connectivity index (χ4n) is 1.07. The summed E-state index contributed by atoms with van der Waals surface area (Å²) in [7, 11) is 0. The number of carboxylic acid groups (broad SMARTS) is 1. The van der Waals surface area contributed by atoms with Crippen LogP contribution in [0.15, 0.2) is 0 Å². The van der Waals surface area contributed by atoms with Crippen LogP contribution in [-0.4, -0.2) is 29.7 Å². The van der Waals surface area contributed by atoms with Crippen molar-refractivity contribution in [1.29, 1.82) is 0 Å². The highest BCUT2D eigenvalue weighted by atomic mass is 16.4. The lowest BCUT2D eigenvalue weighted by Gasteiger charge is -2.17. The molecule has 0 saturated heterocycles. The molecule has 0 aliphatic rings. The molecule has 0 fully saturated rings. The molecule has 0 heterocycles. The Morgan fingerprint density at radius 1 is 1.38 bits per heavy atom. The second kappa shape index (κ2) is 7.57. The van der Waals surface area contributed by atoms with Crippen LogP contribution in [-0.2, 0) is 4.79 Å². The minimum absolute atomic E-state index is 0.154. The maximum absolute atomic E-state index is 11.3. The summed E-state index contributed by atoms with van der Waals surface area (Å²) in [6, 6.07) is -1.34. The van der Waals surface area contributed by atoms with E-state index in [1.165, 1.54) is 0 Å². The van der Waals surface area contributed by atoms with Gasteiger partial charge in [0.15, 0.2) is 0 Å². The number of amides is 2. The maximum Gasteiger partial charge on any atom is 0.326 e. The lowest BCUT2D eigenvalue weighted by Crippen LogP contribution is -2.48. The average Bonchev–Trinajstić information content (AvgIpc) is 2.20. The van der Waals surface area contributed by atoms with E-state index < -0.39 is 18.0 Å². The van der Waals surface area contributed by atoms with E-state index in [4.69, 9.17) is 5.11 Å². The van der Waals surface area contributed by atoms with Gasteiger partial charge in [0.1, 0.15) is 6.04 Å². The molecule has 0 unspecified atom stereocenters. The minimum atomic E-state index is -1.03. The molecule has 0 aliphatic heterocycles. The van der Waals surface area contributed by atoms with Crippen molar-refractivity contribution in [2.75, 3.05) is 6.54 Å². The quantitative estimate of drug-likeness (QED) is 0.479. The molecular weight excluding hydrogens is 208 g/mol. The third kappa shape index (κ3) is 5.91. The largest absolute Gasteiger partial charge is 0.480 e. The highest BCUT2D eigenvalue weighted by Gasteiger charge is 2.22. The Bertz CT molecular complexity index is 302. The standard InChI is InChI=1S/C11H18N2O3/c1-4-5-6-7-12-11(16)13-9(8(2)3)10(14)15/h8-9H,6-7H2,1-3H3,(H,14,15)(H2,12,13,16)/t9-/m0/s1. The predicted molar refractivity (Wildman–Crippen MR) is 60.9 cm³/mol. The van der Waals surface area contributed by atoms with Gasteiger partial charge in [0.2, 0.25) is 0 Å². The number of carbonyl (C=O) groups excluding carboxylic acids is 1. The van der Waals surface area contributed by atoms with Crippen molar-refractivity contribution < 1.29 is 14.7 Å². The van der Waals surface area contributed by atoms with Crippen LogP contribution in [0.25, 0.3) is 0 Å². The second-order valence-corrected chi connectivity index (χ2v) is 3.64. The number of nitrogens with one attached hydrogen (secondary N) is 2. The van der Waals surface area contributed by atoms with Crippen molar-refractivity contribution in [1.82, 2.24) is 10.6 Å². The molecule has 0 aromatic rings. The van der Waals surface area contributed by atoms with E-state index in [0.29, 0.717) is 13.0 Å². The van der Waals surface area contributed by atoms with Crippen molar-refractivity contribution in [3.63, 3.8) is 0 Å². The molecule has 90 valence electrons. The van der Waals surface area contributed by atoms with Gasteiger partial charge in [-0.1, -0.05) is 13.8 Å². The topological polar surface area (TPSA) is 78.4 Å². The Morgan fingerprint density at radius 3 is 2.44 bits per heavy atom. The number of hydrogen-bond acceptors (Lipinski definition) is 2. The molecule has 0 aliphatic carbocycles. The van der Waals surface area contributed by atoms with Gasteiger partial charge in [-0.2, -0.15) is 0 Å².